The Morgan fingerprint density at radius 3 is 2.00 bits per heavy atom. The van der Waals surface area contributed by atoms with Gasteiger partial charge in [0.2, 0.25) is 0 Å². The first-order chi connectivity index (χ1) is 11.7. The molecule has 1 aromatic carbocycles. The van der Waals surface area contributed by atoms with Gasteiger partial charge in [-0.1, -0.05) is 66.2 Å². The van der Waals surface area contributed by atoms with Gasteiger partial charge >= 0.3 is 0 Å². The standard InChI is InChI=1S/C25H37N/c1-16-13-22-19(15-20(16)24(5,6)7)18-14-17(23(2,3)4)11-12-21(18)26(22)25(8,9)10/h11-12,14-16H,13H2,1-10H3. The van der Waals surface area contributed by atoms with Gasteiger partial charge < -0.3 is 4.57 Å². The van der Waals surface area contributed by atoms with Crippen LogP contribution in [0.5, 0.6) is 0 Å². The van der Waals surface area contributed by atoms with Crippen LogP contribution < -0.4 is 0 Å². The summed E-state index contributed by atoms with van der Waals surface area (Å²) in [7, 11) is 0. The number of rotatable bonds is 0. The maximum atomic E-state index is 2.59. The lowest BCUT2D eigenvalue weighted by Gasteiger charge is -2.34. The van der Waals surface area contributed by atoms with Crippen LogP contribution in [0.3, 0.4) is 0 Å². The molecule has 142 valence electrons. The molecule has 1 aromatic heterocycles. The predicted octanol–water partition coefficient (Wildman–Crippen LogP) is 7.32. The van der Waals surface area contributed by atoms with Gasteiger partial charge in [-0.3, -0.25) is 0 Å². The highest BCUT2D eigenvalue weighted by molar-refractivity contribution is 5.93. The highest BCUT2D eigenvalue weighted by atomic mass is 15.1. The summed E-state index contributed by atoms with van der Waals surface area (Å²) < 4.78 is 2.59. The van der Waals surface area contributed by atoms with Crippen molar-refractivity contribution in [3.63, 3.8) is 0 Å². The molecule has 1 aliphatic carbocycles. The van der Waals surface area contributed by atoms with Crippen molar-refractivity contribution in [3.8, 4) is 0 Å². The molecule has 0 radical (unpaired) electrons. The van der Waals surface area contributed by atoms with Crippen LogP contribution in [0.4, 0.5) is 0 Å². The second kappa shape index (κ2) is 5.75. The third-order valence-electron chi connectivity index (χ3n) is 5.84. The van der Waals surface area contributed by atoms with E-state index < -0.39 is 0 Å². The average molecular weight is 352 g/mol. The van der Waals surface area contributed by atoms with Gasteiger partial charge in [-0.25, -0.2) is 0 Å². The van der Waals surface area contributed by atoms with Crippen LogP contribution in [0.25, 0.3) is 17.0 Å². The van der Waals surface area contributed by atoms with E-state index in [1.54, 1.807) is 5.57 Å². The summed E-state index contributed by atoms with van der Waals surface area (Å²) in [4.78, 5) is 0. The second-order valence-corrected chi connectivity index (χ2v) is 11.3. The van der Waals surface area contributed by atoms with Crippen LogP contribution in [0.15, 0.2) is 23.8 Å². The van der Waals surface area contributed by atoms with E-state index in [0.29, 0.717) is 5.92 Å². The summed E-state index contributed by atoms with van der Waals surface area (Å²) in [5, 5.41) is 1.43. The Hall–Kier alpha value is -1.50. The lowest BCUT2D eigenvalue weighted by molar-refractivity contribution is 0.380. The third kappa shape index (κ3) is 3.15. The number of nitrogens with zero attached hydrogens (tertiary/aromatic N) is 1. The van der Waals surface area contributed by atoms with E-state index in [9.17, 15) is 0 Å². The molecule has 1 aliphatic rings. The zero-order chi connectivity index (χ0) is 19.7. The van der Waals surface area contributed by atoms with Gasteiger partial charge in [0, 0.05) is 27.7 Å². The summed E-state index contributed by atoms with van der Waals surface area (Å²) in [6.45, 7) is 23.4. The largest absolute Gasteiger partial charge is 0.339 e. The van der Waals surface area contributed by atoms with E-state index in [1.807, 2.05) is 0 Å². The molecule has 2 aromatic rings. The fourth-order valence-corrected chi connectivity index (χ4v) is 4.62. The van der Waals surface area contributed by atoms with Crippen LogP contribution in [-0.2, 0) is 17.4 Å². The Labute approximate surface area is 160 Å². The van der Waals surface area contributed by atoms with Crippen molar-refractivity contribution in [2.24, 2.45) is 11.3 Å². The minimum atomic E-state index is 0.0852. The average Bonchev–Trinajstić information content (AvgIpc) is 2.76. The van der Waals surface area contributed by atoms with Crippen LogP contribution >= 0.6 is 0 Å². The number of allylic oxidation sites excluding steroid dienone is 1. The molecule has 1 heteroatoms. The SMILES string of the molecule is CC1Cc2c(c3cc(C(C)(C)C)ccc3n2C(C)(C)C)C=C1C(C)(C)C. The minimum Gasteiger partial charge on any atom is -0.339 e. The first-order valence-electron chi connectivity index (χ1n) is 10.1. The molecule has 1 unspecified atom stereocenters. The van der Waals surface area contributed by atoms with Gasteiger partial charge in [-0.05, 0) is 61.6 Å². The monoisotopic (exact) mass is 351 g/mol. The summed E-state index contributed by atoms with van der Waals surface area (Å²) in [5.41, 5.74) is 7.83. The van der Waals surface area contributed by atoms with Gasteiger partial charge in [0.1, 0.15) is 0 Å². The molecular formula is C25H37N. The molecule has 0 aliphatic heterocycles. The van der Waals surface area contributed by atoms with Crippen molar-refractivity contribution in [1.82, 2.24) is 4.57 Å². The molecule has 0 spiro atoms. The van der Waals surface area contributed by atoms with Crippen molar-refractivity contribution >= 4 is 17.0 Å². The Morgan fingerprint density at radius 2 is 1.50 bits per heavy atom. The highest BCUT2D eigenvalue weighted by Crippen LogP contribution is 2.44. The van der Waals surface area contributed by atoms with Crippen LogP contribution in [-0.4, -0.2) is 4.57 Å². The quantitative estimate of drug-likeness (QED) is 0.468. The molecule has 0 amide bonds. The first kappa shape index (κ1) is 19.3. The molecule has 1 nitrogen and oxygen atoms in total. The molecule has 0 saturated carbocycles. The maximum Gasteiger partial charge on any atom is 0.0493 e. The van der Waals surface area contributed by atoms with Gasteiger partial charge in [-0.15, -0.1) is 0 Å². The Bertz CT molecular complexity index is 870. The minimum absolute atomic E-state index is 0.0852. The topological polar surface area (TPSA) is 4.93 Å². The molecule has 0 N–H and O–H groups in total. The number of hydrogen-bond donors (Lipinski definition) is 0. The molecule has 0 bridgehead atoms. The summed E-state index contributed by atoms with van der Waals surface area (Å²) >= 11 is 0. The molecular weight excluding hydrogens is 314 g/mol. The molecule has 1 heterocycles. The van der Waals surface area contributed by atoms with Gasteiger partial charge in [0.05, 0.1) is 0 Å². The smallest absolute Gasteiger partial charge is 0.0493 e. The number of benzene rings is 1. The number of aromatic nitrogens is 1. The molecule has 3 rings (SSSR count). The third-order valence-corrected chi connectivity index (χ3v) is 5.84. The zero-order valence-electron chi connectivity index (χ0n) is 18.5. The fourth-order valence-electron chi connectivity index (χ4n) is 4.62. The van der Waals surface area contributed by atoms with E-state index in [2.05, 4.69) is 98.1 Å². The van der Waals surface area contributed by atoms with Gasteiger partial charge in [-0.2, -0.15) is 0 Å². The first-order valence-corrected chi connectivity index (χ1v) is 10.1. The predicted molar refractivity (Wildman–Crippen MR) is 116 cm³/mol. The van der Waals surface area contributed by atoms with Gasteiger partial charge in [0.15, 0.2) is 0 Å². The second-order valence-electron chi connectivity index (χ2n) is 11.3. The van der Waals surface area contributed by atoms with Crippen molar-refractivity contribution in [2.45, 2.75) is 86.6 Å². The molecule has 26 heavy (non-hydrogen) atoms. The van der Waals surface area contributed by atoms with Crippen LogP contribution in [0, 0.1) is 11.3 Å². The van der Waals surface area contributed by atoms with Crippen molar-refractivity contribution in [3.05, 3.63) is 40.6 Å². The summed E-state index contributed by atoms with van der Waals surface area (Å²) in [6.07, 6.45) is 3.65. The highest BCUT2D eigenvalue weighted by Gasteiger charge is 2.32. The van der Waals surface area contributed by atoms with E-state index in [1.165, 1.54) is 27.7 Å². The Kier molecular flexibility index (Phi) is 4.26. The summed E-state index contributed by atoms with van der Waals surface area (Å²) in [5.74, 6) is 0.593. The fraction of sp³-hybridized carbons (Fsp3) is 0.600. The Balaban J connectivity index is 2.39. The maximum absolute atomic E-state index is 2.59. The Morgan fingerprint density at radius 1 is 0.885 bits per heavy atom. The lowest BCUT2D eigenvalue weighted by atomic mass is 9.74. The van der Waals surface area contributed by atoms with E-state index in [0.717, 1.165) is 6.42 Å². The van der Waals surface area contributed by atoms with E-state index in [4.69, 9.17) is 0 Å². The van der Waals surface area contributed by atoms with E-state index in [-0.39, 0.29) is 16.4 Å². The van der Waals surface area contributed by atoms with E-state index >= 15 is 0 Å². The van der Waals surface area contributed by atoms with Crippen LogP contribution in [0.1, 0.15) is 86.1 Å². The van der Waals surface area contributed by atoms with Crippen molar-refractivity contribution < 1.29 is 0 Å². The molecule has 0 fully saturated rings. The summed E-state index contributed by atoms with van der Waals surface area (Å²) in [6, 6.07) is 7.13. The van der Waals surface area contributed by atoms with Crippen molar-refractivity contribution in [1.29, 1.82) is 0 Å². The molecule has 0 saturated heterocycles. The van der Waals surface area contributed by atoms with Gasteiger partial charge in [0.25, 0.3) is 0 Å². The van der Waals surface area contributed by atoms with Crippen LogP contribution in [0.2, 0.25) is 0 Å². The normalized spacial score (nSPS) is 18.8. The number of fused-ring (bicyclic) bond motifs is 3. The number of hydrogen-bond acceptors (Lipinski definition) is 0. The van der Waals surface area contributed by atoms with Crippen molar-refractivity contribution in [2.75, 3.05) is 0 Å². The molecule has 1 atom stereocenters. The zero-order valence-corrected chi connectivity index (χ0v) is 18.5. The lowest BCUT2D eigenvalue weighted by Crippen LogP contribution is -2.27.